The van der Waals surface area contributed by atoms with Gasteiger partial charge in [0.1, 0.15) is 12.1 Å². The van der Waals surface area contributed by atoms with Crippen molar-refractivity contribution in [3.8, 4) is 11.8 Å². The van der Waals surface area contributed by atoms with Gasteiger partial charge in [-0.25, -0.2) is 0 Å². The standard InChI is InChI=1S/C13H17N3O3/c1-3-8-15-13(2,9-14)10-19-12-7-5-4-6-11(12)16(17)18/h4-7,15H,3,8,10H2,1-2H3. The van der Waals surface area contributed by atoms with Crippen LogP contribution in [0.15, 0.2) is 24.3 Å². The number of nitrogens with one attached hydrogen (secondary N) is 1. The first-order valence-corrected chi connectivity index (χ1v) is 6.05. The Kier molecular flexibility index (Phi) is 5.27. The van der Waals surface area contributed by atoms with Crippen LogP contribution in [-0.4, -0.2) is 23.6 Å². The molecule has 1 rings (SSSR count). The highest BCUT2D eigenvalue weighted by atomic mass is 16.6. The van der Waals surface area contributed by atoms with Crippen molar-refractivity contribution in [2.45, 2.75) is 25.8 Å². The number of nitriles is 1. The predicted octanol–water partition coefficient (Wildman–Crippen LogP) is 2.26. The lowest BCUT2D eigenvalue weighted by Crippen LogP contribution is -2.46. The maximum absolute atomic E-state index is 10.8. The second-order valence-corrected chi connectivity index (χ2v) is 4.38. The normalized spacial score (nSPS) is 13.3. The van der Waals surface area contributed by atoms with Gasteiger partial charge in [0.05, 0.1) is 11.0 Å². The number of ether oxygens (including phenoxy) is 1. The summed E-state index contributed by atoms with van der Waals surface area (Å²) in [5.74, 6) is 0.173. The fraction of sp³-hybridized carbons (Fsp3) is 0.462. The van der Waals surface area contributed by atoms with Gasteiger partial charge in [-0.2, -0.15) is 5.26 Å². The Hall–Kier alpha value is -2.13. The van der Waals surface area contributed by atoms with Crippen LogP contribution in [0, 0.1) is 21.4 Å². The molecule has 1 aromatic carbocycles. The van der Waals surface area contributed by atoms with Crippen molar-refractivity contribution in [2.75, 3.05) is 13.2 Å². The van der Waals surface area contributed by atoms with Crippen LogP contribution < -0.4 is 10.1 Å². The first-order chi connectivity index (χ1) is 9.02. The zero-order chi connectivity index (χ0) is 14.3. The molecule has 0 aliphatic heterocycles. The molecule has 0 saturated heterocycles. The number of nitrogens with zero attached hydrogens (tertiary/aromatic N) is 2. The van der Waals surface area contributed by atoms with Gasteiger partial charge in [-0.15, -0.1) is 0 Å². The average molecular weight is 263 g/mol. The smallest absolute Gasteiger partial charge is 0.310 e. The van der Waals surface area contributed by atoms with Crippen molar-refractivity contribution >= 4 is 5.69 Å². The summed E-state index contributed by atoms with van der Waals surface area (Å²) >= 11 is 0. The van der Waals surface area contributed by atoms with Crippen LogP contribution in [0.2, 0.25) is 0 Å². The van der Waals surface area contributed by atoms with Gasteiger partial charge < -0.3 is 4.74 Å². The van der Waals surface area contributed by atoms with Crippen molar-refractivity contribution in [3.05, 3.63) is 34.4 Å². The van der Waals surface area contributed by atoms with Crippen LogP contribution in [0.25, 0.3) is 0 Å². The van der Waals surface area contributed by atoms with Crippen molar-refractivity contribution < 1.29 is 9.66 Å². The van der Waals surface area contributed by atoms with Gasteiger partial charge in [0.15, 0.2) is 5.75 Å². The molecular weight excluding hydrogens is 246 g/mol. The van der Waals surface area contributed by atoms with Crippen LogP contribution >= 0.6 is 0 Å². The minimum Gasteiger partial charge on any atom is -0.484 e. The second-order valence-electron chi connectivity index (χ2n) is 4.38. The first kappa shape index (κ1) is 14.9. The van der Waals surface area contributed by atoms with Gasteiger partial charge >= 0.3 is 5.69 Å². The van der Waals surface area contributed by atoms with Crippen LogP contribution in [0.3, 0.4) is 0 Å². The van der Waals surface area contributed by atoms with Crippen molar-refractivity contribution in [1.82, 2.24) is 5.32 Å². The molecule has 0 amide bonds. The van der Waals surface area contributed by atoms with Crippen LogP contribution in [0.1, 0.15) is 20.3 Å². The lowest BCUT2D eigenvalue weighted by Gasteiger charge is -2.23. The minimum atomic E-state index is -0.861. The zero-order valence-corrected chi connectivity index (χ0v) is 11.0. The molecule has 0 aliphatic carbocycles. The third kappa shape index (κ3) is 4.23. The van der Waals surface area contributed by atoms with Crippen LogP contribution in [-0.2, 0) is 0 Å². The summed E-state index contributed by atoms with van der Waals surface area (Å²) in [5, 5.41) is 23.0. The topological polar surface area (TPSA) is 88.2 Å². The summed E-state index contributed by atoms with van der Waals surface area (Å²) in [5.41, 5.74) is -0.960. The minimum absolute atomic E-state index is 0.0500. The number of para-hydroxylation sites is 2. The molecule has 1 atom stereocenters. The predicted molar refractivity (Wildman–Crippen MR) is 70.9 cm³/mol. The first-order valence-electron chi connectivity index (χ1n) is 6.05. The summed E-state index contributed by atoms with van der Waals surface area (Å²) in [4.78, 5) is 10.3. The fourth-order valence-electron chi connectivity index (χ4n) is 1.48. The molecule has 0 radical (unpaired) electrons. The van der Waals surface area contributed by atoms with E-state index in [1.165, 1.54) is 12.1 Å². The molecule has 6 heteroatoms. The highest BCUT2D eigenvalue weighted by molar-refractivity contribution is 5.45. The number of rotatable bonds is 7. The van der Waals surface area contributed by atoms with E-state index in [-0.39, 0.29) is 18.0 Å². The monoisotopic (exact) mass is 263 g/mol. The second kappa shape index (κ2) is 6.71. The quantitative estimate of drug-likeness (QED) is 0.602. The highest BCUT2D eigenvalue weighted by Gasteiger charge is 2.25. The van der Waals surface area contributed by atoms with Gasteiger partial charge in [0.25, 0.3) is 0 Å². The molecule has 102 valence electrons. The fourth-order valence-corrected chi connectivity index (χ4v) is 1.48. The summed E-state index contributed by atoms with van der Waals surface area (Å²) < 4.78 is 5.42. The third-order valence-corrected chi connectivity index (χ3v) is 2.59. The maximum Gasteiger partial charge on any atom is 0.310 e. The van der Waals surface area contributed by atoms with Gasteiger partial charge in [0, 0.05) is 6.07 Å². The van der Waals surface area contributed by atoms with Gasteiger partial charge in [0.2, 0.25) is 0 Å². The Labute approximate surface area is 112 Å². The SMILES string of the molecule is CCCNC(C)(C#N)COc1ccccc1[N+](=O)[O-]. The molecule has 1 unspecified atom stereocenters. The average Bonchev–Trinajstić information content (AvgIpc) is 2.43. The lowest BCUT2D eigenvalue weighted by molar-refractivity contribution is -0.385. The molecule has 0 fully saturated rings. The van der Waals surface area contributed by atoms with Crippen molar-refractivity contribution in [3.63, 3.8) is 0 Å². The van der Waals surface area contributed by atoms with Crippen molar-refractivity contribution in [2.24, 2.45) is 0 Å². The van der Waals surface area contributed by atoms with Crippen LogP contribution in [0.4, 0.5) is 5.69 Å². The van der Waals surface area contributed by atoms with Gasteiger partial charge in [-0.1, -0.05) is 19.1 Å². The number of benzene rings is 1. The van der Waals surface area contributed by atoms with Gasteiger partial charge in [-0.05, 0) is 26.0 Å². The molecule has 0 spiro atoms. The molecule has 1 aromatic rings. The number of hydrogen-bond acceptors (Lipinski definition) is 5. The summed E-state index contributed by atoms with van der Waals surface area (Å²) in [7, 11) is 0. The van der Waals surface area contributed by atoms with E-state index in [9.17, 15) is 10.1 Å². The Balaban J connectivity index is 2.76. The molecule has 6 nitrogen and oxygen atoms in total. The number of nitro benzene ring substituents is 1. The molecule has 0 bridgehead atoms. The number of hydrogen-bond donors (Lipinski definition) is 1. The molecular formula is C13H17N3O3. The summed E-state index contributed by atoms with van der Waals surface area (Å²) in [6, 6.07) is 8.25. The van der Waals surface area contributed by atoms with E-state index in [0.717, 1.165) is 6.42 Å². The Morgan fingerprint density at radius 2 is 2.21 bits per heavy atom. The number of nitro groups is 1. The zero-order valence-electron chi connectivity index (χ0n) is 11.0. The molecule has 0 saturated carbocycles. The Bertz CT molecular complexity index is 484. The maximum atomic E-state index is 10.8. The molecule has 0 aliphatic rings. The Morgan fingerprint density at radius 3 is 2.79 bits per heavy atom. The lowest BCUT2D eigenvalue weighted by atomic mass is 10.1. The van der Waals surface area contributed by atoms with Gasteiger partial charge in [-0.3, -0.25) is 15.4 Å². The van der Waals surface area contributed by atoms with E-state index >= 15 is 0 Å². The van der Waals surface area contributed by atoms with E-state index < -0.39 is 10.5 Å². The van der Waals surface area contributed by atoms with E-state index in [0.29, 0.717) is 6.54 Å². The summed E-state index contributed by atoms with van der Waals surface area (Å²) in [6.07, 6.45) is 0.892. The molecule has 1 N–H and O–H groups in total. The molecule has 19 heavy (non-hydrogen) atoms. The summed E-state index contributed by atoms with van der Waals surface area (Å²) in [6.45, 7) is 4.43. The van der Waals surface area contributed by atoms with E-state index in [2.05, 4.69) is 11.4 Å². The van der Waals surface area contributed by atoms with E-state index in [1.54, 1.807) is 19.1 Å². The highest BCUT2D eigenvalue weighted by Crippen LogP contribution is 2.26. The van der Waals surface area contributed by atoms with E-state index in [4.69, 9.17) is 10.00 Å². The molecule has 0 heterocycles. The van der Waals surface area contributed by atoms with Crippen molar-refractivity contribution in [1.29, 1.82) is 5.26 Å². The largest absolute Gasteiger partial charge is 0.484 e. The Morgan fingerprint density at radius 1 is 1.53 bits per heavy atom. The van der Waals surface area contributed by atoms with E-state index in [1.807, 2.05) is 6.92 Å². The van der Waals surface area contributed by atoms with Crippen LogP contribution in [0.5, 0.6) is 5.75 Å². The third-order valence-electron chi connectivity index (χ3n) is 2.59. The molecule has 0 aromatic heterocycles.